The maximum Gasteiger partial charge on any atom is 0.390 e. The maximum absolute atomic E-state index is 12.8. The van der Waals surface area contributed by atoms with E-state index in [4.69, 9.17) is 0 Å². The minimum Gasteiger partial charge on any atom is -0.504 e. The number of nitrogens with one attached hydrogen (secondary N) is 1. The van der Waals surface area contributed by atoms with Gasteiger partial charge in [-0.05, 0) is 12.1 Å². The summed E-state index contributed by atoms with van der Waals surface area (Å²) >= 11 is 0. The lowest BCUT2D eigenvalue weighted by Gasteiger charge is -2.36. The molecule has 22 heavy (non-hydrogen) atoms. The summed E-state index contributed by atoms with van der Waals surface area (Å²) in [6.45, 7) is 1.92. The molecule has 1 saturated heterocycles. The molecule has 0 amide bonds. The molecule has 4 N–H and O–H groups in total. The molecule has 0 unspecified atom stereocenters. The normalized spacial score (nSPS) is 17.8. The molecule has 2 rings (SSSR count). The number of nitrogens with zero attached hydrogens (tertiary/aromatic N) is 1. The average molecular weight is 343 g/mol. The lowest BCUT2D eigenvalue weighted by Crippen LogP contribution is -2.46. The molecule has 0 aliphatic carbocycles. The first-order valence-electron chi connectivity index (χ1n) is 6.55. The molecule has 1 aromatic rings. The third-order valence-corrected chi connectivity index (χ3v) is 3.54. The first-order chi connectivity index (χ1) is 9.79. The molecule has 9 heteroatoms. The van der Waals surface area contributed by atoms with E-state index in [1.54, 1.807) is 4.90 Å². The number of alkyl halides is 3. The summed E-state index contributed by atoms with van der Waals surface area (Å²) in [5.41, 5.74) is -0.0375. The highest BCUT2D eigenvalue weighted by Gasteiger charge is 2.37. The second kappa shape index (κ2) is 7.26. The minimum atomic E-state index is -4.41. The number of benzene rings is 1. The van der Waals surface area contributed by atoms with Crippen molar-refractivity contribution in [2.24, 2.45) is 0 Å². The highest BCUT2D eigenvalue weighted by Crippen LogP contribution is 2.44. The van der Waals surface area contributed by atoms with Crippen molar-refractivity contribution >= 4 is 12.4 Å². The summed E-state index contributed by atoms with van der Waals surface area (Å²) in [6.07, 6.45) is -5.54. The fraction of sp³-hybridized carbons (Fsp3) is 0.538. The number of piperazine rings is 1. The van der Waals surface area contributed by atoms with Crippen LogP contribution in [0.5, 0.6) is 17.2 Å². The molecule has 1 aliphatic heterocycles. The Bertz CT molecular complexity index is 508. The predicted molar refractivity (Wildman–Crippen MR) is 76.5 cm³/mol. The van der Waals surface area contributed by atoms with E-state index in [1.807, 2.05) is 0 Å². The van der Waals surface area contributed by atoms with Gasteiger partial charge in [0.25, 0.3) is 0 Å². The van der Waals surface area contributed by atoms with Gasteiger partial charge in [0, 0.05) is 37.8 Å². The van der Waals surface area contributed by atoms with Crippen molar-refractivity contribution in [2.45, 2.75) is 18.6 Å². The maximum atomic E-state index is 12.8. The highest BCUT2D eigenvalue weighted by atomic mass is 35.5. The van der Waals surface area contributed by atoms with E-state index >= 15 is 0 Å². The van der Waals surface area contributed by atoms with Crippen LogP contribution >= 0.6 is 12.4 Å². The van der Waals surface area contributed by atoms with Crippen molar-refractivity contribution in [1.82, 2.24) is 10.2 Å². The van der Waals surface area contributed by atoms with Gasteiger partial charge in [-0.15, -0.1) is 12.4 Å². The smallest absolute Gasteiger partial charge is 0.390 e. The van der Waals surface area contributed by atoms with Crippen molar-refractivity contribution < 1.29 is 28.5 Å². The van der Waals surface area contributed by atoms with Gasteiger partial charge < -0.3 is 20.6 Å². The molecule has 0 saturated carbocycles. The van der Waals surface area contributed by atoms with Crippen LogP contribution in [0.4, 0.5) is 13.2 Å². The first kappa shape index (κ1) is 18.7. The number of hydrogen-bond donors (Lipinski definition) is 4. The van der Waals surface area contributed by atoms with E-state index in [-0.39, 0.29) is 18.0 Å². The Kier molecular flexibility index (Phi) is 6.16. The first-order valence-corrected chi connectivity index (χ1v) is 6.55. The van der Waals surface area contributed by atoms with Crippen LogP contribution in [0.15, 0.2) is 12.1 Å². The number of phenolic OH excluding ortho intramolecular Hbond substituents is 3. The fourth-order valence-electron chi connectivity index (χ4n) is 2.50. The zero-order valence-corrected chi connectivity index (χ0v) is 12.4. The quantitative estimate of drug-likeness (QED) is 0.633. The summed E-state index contributed by atoms with van der Waals surface area (Å²) in [7, 11) is 0. The summed E-state index contributed by atoms with van der Waals surface area (Å²) in [5.74, 6) is -2.07. The van der Waals surface area contributed by atoms with Crippen LogP contribution in [0.3, 0.4) is 0 Å². The van der Waals surface area contributed by atoms with Crippen LogP contribution in [0.25, 0.3) is 0 Å². The van der Waals surface area contributed by atoms with Crippen molar-refractivity contribution in [3.63, 3.8) is 0 Å². The van der Waals surface area contributed by atoms with Gasteiger partial charge in [-0.1, -0.05) is 0 Å². The molecule has 1 heterocycles. The topological polar surface area (TPSA) is 76.0 Å². The van der Waals surface area contributed by atoms with Gasteiger partial charge in [0.2, 0.25) is 5.75 Å². The van der Waals surface area contributed by atoms with E-state index in [1.165, 1.54) is 6.07 Å². The lowest BCUT2D eigenvalue weighted by molar-refractivity contribution is -0.148. The van der Waals surface area contributed by atoms with E-state index in [2.05, 4.69) is 5.32 Å². The minimum absolute atomic E-state index is 0. The fourth-order valence-corrected chi connectivity index (χ4v) is 2.50. The summed E-state index contributed by atoms with van der Waals surface area (Å²) in [6, 6.07) is 1.19. The van der Waals surface area contributed by atoms with Crippen molar-refractivity contribution in [2.75, 3.05) is 26.2 Å². The van der Waals surface area contributed by atoms with E-state index < -0.39 is 35.9 Å². The lowest BCUT2D eigenvalue weighted by atomic mass is 9.99. The Morgan fingerprint density at radius 1 is 1.09 bits per heavy atom. The molecule has 1 atom stereocenters. The van der Waals surface area contributed by atoms with Gasteiger partial charge in [0.15, 0.2) is 11.5 Å². The van der Waals surface area contributed by atoms with Gasteiger partial charge in [-0.2, -0.15) is 13.2 Å². The largest absolute Gasteiger partial charge is 0.504 e. The Balaban J connectivity index is 0.00000242. The SMILES string of the molecule is Cl.Oc1ccc([C@H](CC(F)(F)F)N2CCNCC2)c(O)c1O. The third-order valence-electron chi connectivity index (χ3n) is 3.54. The molecule has 126 valence electrons. The van der Waals surface area contributed by atoms with E-state index in [9.17, 15) is 28.5 Å². The molecule has 1 fully saturated rings. The molecule has 0 aromatic heterocycles. The van der Waals surface area contributed by atoms with Gasteiger partial charge >= 0.3 is 6.18 Å². The van der Waals surface area contributed by atoms with E-state index in [0.717, 1.165) is 6.07 Å². The molecule has 0 spiro atoms. The van der Waals surface area contributed by atoms with Crippen LogP contribution in [0.2, 0.25) is 0 Å². The van der Waals surface area contributed by atoms with Gasteiger partial charge in [-0.3, -0.25) is 4.90 Å². The monoisotopic (exact) mass is 342 g/mol. The average Bonchev–Trinajstić information content (AvgIpc) is 2.43. The van der Waals surface area contributed by atoms with Crippen LogP contribution in [-0.2, 0) is 0 Å². The van der Waals surface area contributed by atoms with Crippen molar-refractivity contribution in [1.29, 1.82) is 0 Å². The third kappa shape index (κ3) is 4.31. The zero-order valence-electron chi connectivity index (χ0n) is 11.6. The molecule has 0 bridgehead atoms. The predicted octanol–water partition coefficient (Wildman–Crippen LogP) is 2.12. The number of halogens is 4. The Hall–Kier alpha value is -1.38. The van der Waals surface area contributed by atoms with Gasteiger partial charge in [0.1, 0.15) is 0 Å². The number of hydrogen-bond acceptors (Lipinski definition) is 5. The second-order valence-electron chi connectivity index (χ2n) is 4.99. The van der Waals surface area contributed by atoms with Crippen LogP contribution in [-0.4, -0.2) is 52.6 Å². The molecular formula is C13H18ClF3N2O3. The molecule has 1 aromatic carbocycles. The van der Waals surface area contributed by atoms with Crippen molar-refractivity contribution in [3.05, 3.63) is 17.7 Å². The summed E-state index contributed by atoms with van der Waals surface area (Å²) in [5, 5.41) is 31.7. The summed E-state index contributed by atoms with van der Waals surface area (Å²) < 4.78 is 38.5. The molecule has 1 aliphatic rings. The standard InChI is InChI=1S/C13H17F3N2O3.ClH/c14-13(15,16)7-9(18-5-3-17-4-6-18)8-1-2-10(19)12(21)11(8)20;/h1-2,9,17,19-21H,3-7H2;1H/t9-;/m0./s1. The summed E-state index contributed by atoms with van der Waals surface area (Å²) in [4.78, 5) is 1.61. The van der Waals surface area contributed by atoms with Crippen molar-refractivity contribution in [3.8, 4) is 17.2 Å². The number of aromatic hydroxyl groups is 3. The van der Waals surface area contributed by atoms with Crippen LogP contribution in [0, 0.1) is 0 Å². The Labute approximate surface area is 131 Å². The number of rotatable bonds is 3. The molecule has 0 radical (unpaired) electrons. The molecule has 5 nitrogen and oxygen atoms in total. The second-order valence-corrected chi connectivity index (χ2v) is 4.99. The van der Waals surface area contributed by atoms with Gasteiger partial charge in [-0.25, -0.2) is 0 Å². The van der Waals surface area contributed by atoms with E-state index in [0.29, 0.717) is 26.2 Å². The Morgan fingerprint density at radius 3 is 2.23 bits per heavy atom. The highest BCUT2D eigenvalue weighted by molar-refractivity contribution is 5.85. The van der Waals surface area contributed by atoms with Gasteiger partial charge in [0.05, 0.1) is 6.42 Å². The van der Waals surface area contributed by atoms with Crippen LogP contribution in [0.1, 0.15) is 18.0 Å². The Morgan fingerprint density at radius 2 is 1.68 bits per heavy atom. The number of phenols is 3. The zero-order chi connectivity index (χ0) is 15.6. The van der Waals surface area contributed by atoms with Crippen LogP contribution < -0.4 is 5.32 Å². The molecular weight excluding hydrogens is 325 g/mol.